The molecule has 1 aromatic heterocycles. The van der Waals surface area contributed by atoms with Crippen molar-refractivity contribution < 1.29 is 4.42 Å². The molecule has 0 atom stereocenters. The molecule has 1 heteroatoms. The fraction of sp³-hybridized carbons (Fsp3) is 0.314. The molecule has 9 rings (SSSR count). The average molecular weight is 469 g/mol. The molecule has 5 aromatic rings. The van der Waals surface area contributed by atoms with Gasteiger partial charge in [0.1, 0.15) is 11.2 Å². The van der Waals surface area contributed by atoms with Gasteiger partial charge < -0.3 is 4.42 Å². The molecule has 1 nitrogen and oxygen atoms in total. The van der Waals surface area contributed by atoms with Gasteiger partial charge in [-0.15, -0.1) is 0 Å². The fourth-order valence-corrected chi connectivity index (χ4v) is 8.51. The van der Waals surface area contributed by atoms with E-state index in [1.807, 2.05) is 0 Å². The lowest BCUT2D eigenvalue weighted by Crippen LogP contribution is -2.48. The molecule has 1 heterocycles. The quantitative estimate of drug-likeness (QED) is 0.257. The van der Waals surface area contributed by atoms with Crippen LogP contribution in [0.25, 0.3) is 44.2 Å². The van der Waals surface area contributed by atoms with Gasteiger partial charge in [0.2, 0.25) is 0 Å². The molecule has 0 radical (unpaired) electrons. The highest BCUT2D eigenvalue weighted by atomic mass is 16.3. The summed E-state index contributed by atoms with van der Waals surface area (Å²) in [5.74, 6) is 2.93. The Hall–Kier alpha value is -3.32. The van der Waals surface area contributed by atoms with E-state index in [1.54, 1.807) is 5.56 Å². The summed E-state index contributed by atoms with van der Waals surface area (Å²) in [6, 6.07) is 31.4. The molecule has 0 N–H and O–H groups in total. The van der Waals surface area contributed by atoms with Crippen molar-refractivity contribution in [2.75, 3.05) is 0 Å². The first kappa shape index (κ1) is 20.8. The first-order chi connectivity index (χ1) is 17.6. The lowest BCUT2D eigenvalue weighted by molar-refractivity contribution is -0.00518. The zero-order valence-electron chi connectivity index (χ0n) is 21.0. The fourth-order valence-electron chi connectivity index (χ4n) is 8.51. The van der Waals surface area contributed by atoms with E-state index in [9.17, 15) is 0 Å². The number of hydrogen-bond acceptors (Lipinski definition) is 1. The number of rotatable bonds is 3. The van der Waals surface area contributed by atoms with Crippen LogP contribution in [0.15, 0.2) is 89.3 Å². The Balaban J connectivity index is 1.21. The highest BCUT2D eigenvalue weighted by Gasteiger charge is 2.51. The Morgan fingerprint density at radius 1 is 0.639 bits per heavy atom. The van der Waals surface area contributed by atoms with Gasteiger partial charge in [-0.2, -0.15) is 0 Å². The molecule has 4 bridgehead atoms. The topological polar surface area (TPSA) is 13.1 Å². The van der Waals surface area contributed by atoms with Crippen molar-refractivity contribution in [1.82, 2.24) is 0 Å². The van der Waals surface area contributed by atoms with Crippen molar-refractivity contribution in [3.05, 3.63) is 96.1 Å². The second-order valence-corrected chi connectivity index (χ2v) is 12.1. The second kappa shape index (κ2) is 7.59. The molecule has 0 amide bonds. The highest BCUT2D eigenvalue weighted by Crippen LogP contribution is 2.60. The van der Waals surface area contributed by atoms with Crippen LogP contribution in [-0.2, 0) is 5.41 Å². The Labute approximate surface area is 213 Å². The van der Waals surface area contributed by atoms with Gasteiger partial charge in [-0.3, -0.25) is 0 Å². The maximum Gasteiger partial charge on any atom is 0.143 e. The molecule has 0 unspecified atom stereocenters. The SMILES string of the molecule is Cc1cc(-c2ccc(C34CC5CC(CC(C5)C3)C4)cc2)c2oc3cc(-c4ccccc4)ccc3c2c1. The smallest absolute Gasteiger partial charge is 0.143 e. The molecule has 36 heavy (non-hydrogen) atoms. The summed E-state index contributed by atoms with van der Waals surface area (Å²) in [7, 11) is 0. The van der Waals surface area contributed by atoms with Gasteiger partial charge in [-0.1, -0.05) is 60.7 Å². The van der Waals surface area contributed by atoms with Crippen LogP contribution in [0.1, 0.15) is 49.7 Å². The monoisotopic (exact) mass is 468 g/mol. The zero-order chi connectivity index (χ0) is 23.9. The average Bonchev–Trinajstić information content (AvgIpc) is 3.26. The van der Waals surface area contributed by atoms with Gasteiger partial charge >= 0.3 is 0 Å². The summed E-state index contributed by atoms with van der Waals surface area (Å²) in [5.41, 5.74) is 10.2. The van der Waals surface area contributed by atoms with Crippen molar-refractivity contribution >= 4 is 21.9 Å². The van der Waals surface area contributed by atoms with Crippen molar-refractivity contribution in [2.45, 2.75) is 50.9 Å². The van der Waals surface area contributed by atoms with Crippen LogP contribution >= 0.6 is 0 Å². The minimum Gasteiger partial charge on any atom is -0.455 e. The number of furan rings is 1. The van der Waals surface area contributed by atoms with Crippen LogP contribution < -0.4 is 0 Å². The third-order valence-electron chi connectivity index (χ3n) is 9.67. The first-order valence-corrected chi connectivity index (χ1v) is 13.8. The van der Waals surface area contributed by atoms with E-state index >= 15 is 0 Å². The summed E-state index contributed by atoms with van der Waals surface area (Å²) < 4.78 is 6.59. The van der Waals surface area contributed by atoms with E-state index in [0.717, 1.165) is 28.9 Å². The molecular formula is C35H32O. The molecule has 4 fully saturated rings. The van der Waals surface area contributed by atoms with Crippen molar-refractivity contribution in [1.29, 1.82) is 0 Å². The highest BCUT2D eigenvalue weighted by molar-refractivity contribution is 6.10. The van der Waals surface area contributed by atoms with E-state index in [-0.39, 0.29) is 0 Å². The van der Waals surface area contributed by atoms with Crippen molar-refractivity contribution in [2.24, 2.45) is 17.8 Å². The maximum absolute atomic E-state index is 6.59. The Morgan fingerprint density at radius 3 is 2.00 bits per heavy atom. The predicted molar refractivity (Wildman–Crippen MR) is 149 cm³/mol. The second-order valence-electron chi connectivity index (χ2n) is 12.1. The lowest BCUT2D eigenvalue weighted by atomic mass is 9.48. The minimum atomic E-state index is 0.447. The molecule has 4 aromatic carbocycles. The van der Waals surface area contributed by atoms with Crippen LogP contribution in [0.3, 0.4) is 0 Å². The van der Waals surface area contributed by atoms with Crippen LogP contribution in [0, 0.1) is 24.7 Å². The minimum absolute atomic E-state index is 0.447. The predicted octanol–water partition coefficient (Wildman–Crippen LogP) is 9.70. The van der Waals surface area contributed by atoms with Gasteiger partial charge in [0.25, 0.3) is 0 Å². The standard InChI is InChI=1S/C35H32O/c1-22-13-31(27-7-10-29(11-8-27)35-19-23-15-24(20-35)17-25(16-23)21-35)34-32(14-22)30-12-9-28(18-33(30)36-34)26-5-3-2-4-6-26/h2-14,18,23-25H,15-17,19-21H2,1H3. The lowest BCUT2D eigenvalue weighted by Gasteiger charge is -2.57. The van der Waals surface area contributed by atoms with E-state index in [2.05, 4.69) is 91.9 Å². The third-order valence-corrected chi connectivity index (χ3v) is 9.67. The molecule has 4 aliphatic carbocycles. The Morgan fingerprint density at radius 2 is 1.31 bits per heavy atom. The summed E-state index contributed by atoms with van der Waals surface area (Å²) in [5, 5.41) is 2.41. The van der Waals surface area contributed by atoms with E-state index in [1.165, 1.54) is 77.1 Å². The summed E-state index contributed by atoms with van der Waals surface area (Å²) >= 11 is 0. The van der Waals surface area contributed by atoms with Gasteiger partial charge in [0, 0.05) is 16.3 Å². The molecule has 0 saturated heterocycles. The first-order valence-electron chi connectivity index (χ1n) is 13.8. The van der Waals surface area contributed by atoms with Gasteiger partial charge in [-0.05, 0) is 121 Å². The maximum atomic E-state index is 6.59. The molecule has 0 spiro atoms. The van der Waals surface area contributed by atoms with Crippen LogP contribution in [0.2, 0.25) is 0 Å². The zero-order valence-corrected chi connectivity index (χ0v) is 21.0. The number of benzene rings is 4. The molecule has 0 aliphatic heterocycles. The van der Waals surface area contributed by atoms with Gasteiger partial charge in [0.05, 0.1) is 0 Å². The molecule has 4 saturated carbocycles. The van der Waals surface area contributed by atoms with Crippen LogP contribution in [0.5, 0.6) is 0 Å². The number of hydrogen-bond donors (Lipinski definition) is 0. The van der Waals surface area contributed by atoms with Crippen LogP contribution in [0.4, 0.5) is 0 Å². The molecule has 178 valence electrons. The normalized spacial score (nSPS) is 26.8. The van der Waals surface area contributed by atoms with Gasteiger partial charge in [0.15, 0.2) is 0 Å². The Kier molecular flexibility index (Phi) is 4.39. The van der Waals surface area contributed by atoms with Crippen LogP contribution in [-0.4, -0.2) is 0 Å². The van der Waals surface area contributed by atoms with E-state index in [0.29, 0.717) is 5.41 Å². The molecular weight excluding hydrogens is 436 g/mol. The van der Waals surface area contributed by atoms with E-state index < -0.39 is 0 Å². The van der Waals surface area contributed by atoms with Crippen molar-refractivity contribution in [3.8, 4) is 22.3 Å². The summed E-state index contributed by atoms with van der Waals surface area (Å²) in [4.78, 5) is 0. The third kappa shape index (κ3) is 3.15. The number of fused-ring (bicyclic) bond motifs is 3. The Bertz CT molecular complexity index is 1570. The van der Waals surface area contributed by atoms with Gasteiger partial charge in [-0.25, -0.2) is 0 Å². The molecule has 4 aliphatic rings. The van der Waals surface area contributed by atoms with E-state index in [4.69, 9.17) is 4.42 Å². The largest absolute Gasteiger partial charge is 0.455 e. The summed E-state index contributed by atoms with van der Waals surface area (Å²) in [6.07, 6.45) is 8.74. The van der Waals surface area contributed by atoms with Crippen molar-refractivity contribution in [3.63, 3.8) is 0 Å². The number of aryl methyl sites for hydroxylation is 1. The summed E-state index contributed by atoms with van der Waals surface area (Å²) in [6.45, 7) is 2.20.